The van der Waals surface area contributed by atoms with E-state index in [1.807, 2.05) is 37.3 Å². The van der Waals surface area contributed by atoms with Crippen molar-refractivity contribution in [2.75, 3.05) is 13.2 Å². The average molecular weight is 248 g/mol. The van der Waals surface area contributed by atoms with Gasteiger partial charge in [0.05, 0.1) is 25.7 Å². The summed E-state index contributed by atoms with van der Waals surface area (Å²) in [5, 5.41) is 0. The lowest BCUT2D eigenvalue weighted by molar-refractivity contribution is -0.145. The predicted molar refractivity (Wildman–Crippen MR) is 68.9 cm³/mol. The summed E-state index contributed by atoms with van der Waals surface area (Å²) in [7, 11) is 0. The van der Waals surface area contributed by atoms with E-state index in [2.05, 4.69) is 6.92 Å². The third kappa shape index (κ3) is 3.10. The number of benzene rings is 1. The Morgan fingerprint density at radius 3 is 2.67 bits per heavy atom. The quantitative estimate of drug-likeness (QED) is 0.726. The molecule has 0 spiro atoms. The van der Waals surface area contributed by atoms with Gasteiger partial charge in [-0.2, -0.15) is 0 Å². The predicted octanol–water partition coefficient (Wildman–Crippen LogP) is 2.65. The van der Waals surface area contributed by atoms with E-state index in [-0.39, 0.29) is 11.9 Å². The second-order valence-electron chi connectivity index (χ2n) is 4.80. The van der Waals surface area contributed by atoms with Gasteiger partial charge in [-0.1, -0.05) is 37.3 Å². The summed E-state index contributed by atoms with van der Waals surface area (Å²) in [4.78, 5) is 11.6. The van der Waals surface area contributed by atoms with Crippen molar-refractivity contribution in [3.63, 3.8) is 0 Å². The summed E-state index contributed by atoms with van der Waals surface area (Å²) in [6, 6.07) is 10.1. The minimum atomic E-state index is -0.0710. The Balaban J connectivity index is 1.71. The maximum atomic E-state index is 11.6. The third-order valence-corrected chi connectivity index (χ3v) is 3.54. The van der Waals surface area contributed by atoms with Crippen LogP contribution in [0, 0.1) is 17.8 Å². The van der Waals surface area contributed by atoms with Crippen LogP contribution < -0.4 is 0 Å². The summed E-state index contributed by atoms with van der Waals surface area (Å²) < 4.78 is 10.7. The molecule has 1 aliphatic rings. The smallest absolute Gasteiger partial charge is 0.309 e. The maximum absolute atomic E-state index is 11.6. The van der Waals surface area contributed by atoms with E-state index >= 15 is 0 Å². The van der Waals surface area contributed by atoms with Gasteiger partial charge in [-0.25, -0.2) is 0 Å². The SMILES string of the molecule is CCOC(=O)C1C(C)C1COCc1ccccc1. The molecular formula is C15H20O3. The van der Waals surface area contributed by atoms with E-state index in [0.29, 0.717) is 31.7 Å². The lowest BCUT2D eigenvalue weighted by atomic mass is 10.2. The van der Waals surface area contributed by atoms with Crippen molar-refractivity contribution in [3.05, 3.63) is 35.9 Å². The van der Waals surface area contributed by atoms with E-state index in [1.54, 1.807) is 0 Å². The number of hydrogen-bond donors (Lipinski definition) is 0. The van der Waals surface area contributed by atoms with Gasteiger partial charge < -0.3 is 9.47 Å². The van der Waals surface area contributed by atoms with E-state index in [0.717, 1.165) is 0 Å². The second kappa shape index (κ2) is 6.01. The normalized spacial score (nSPS) is 25.8. The van der Waals surface area contributed by atoms with Crippen molar-refractivity contribution in [1.82, 2.24) is 0 Å². The highest BCUT2D eigenvalue weighted by Gasteiger charge is 2.52. The molecule has 3 nitrogen and oxygen atoms in total. The molecule has 0 aromatic heterocycles. The van der Waals surface area contributed by atoms with Gasteiger partial charge in [0.1, 0.15) is 0 Å². The van der Waals surface area contributed by atoms with Crippen LogP contribution in [0.5, 0.6) is 0 Å². The molecule has 2 rings (SSSR count). The molecule has 18 heavy (non-hydrogen) atoms. The lowest BCUT2D eigenvalue weighted by Gasteiger charge is -2.04. The van der Waals surface area contributed by atoms with E-state index in [1.165, 1.54) is 5.56 Å². The minimum Gasteiger partial charge on any atom is -0.466 e. The zero-order valence-corrected chi connectivity index (χ0v) is 11.0. The van der Waals surface area contributed by atoms with Gasteiger partial charge in [0, 0.05) is 0 Å². The van der Waals surface area contributed by atoms with Gasteiger partial charge in [0.2, 0.25) is 0 Å². The fraction of sp³-hybridized carbons (Fsp3) is 0.533. The van der Waals surface area contributed by atoms with Crippen LogP contribution in [-0.4, -0.2) is 19.2 Å². The van der Waals surface area contributed by atoms with Crippen LogP contribution in [0.25, 0.3) is 0 Å². The highest BCUT2D eigenvalue weighted by molar-refractivity contribution is 5.76. The molecule has 1 saturated carbocycles. The summed E-state index contributed by atoms with van der Waals surface area (Å²) in [5.41, 5.74) is 1.17. The van der Waals surface area contributed by atoms with E-state index < -0.39 is 0 Å². The summed E-state index contributed by atoms with van der Waals surface area (Å²) in [6.45, 7) is 5.63. The molecule has 3 heteroatoms. The van der Waals surface area contributed by atoms with Crippen LogP contribution in [0.4, 0.5) is 0 Å². The molecule has 3 atom stereocenters. The van der Waals surface area contributed by atoms with Crippen LogP contribution in [0.3, 0.4) is 0 Å². The first-order chi connectivity index (χ1) is 8.74. The van der Waals surface area contributed by atoms with Crippen molar-refractivity contribution >= 4 is 5.97 Å². The fourth-order valence-corrected chi connectivity index (χ4v) is 2.32. The zero-order chi connectivity index (χ0) is 13.0. The number of carbonyl (C=O) groups is 1. The largest absolute Gasteiger partial charge is 0.466 e. The molecule has 1 aromatic rings. The van der Waals surface area contributed by atoms with Gasteiger partial charge in [-0.3, -0.25) is 4.79 Å². The Morgan fingerprint density at radius 1 is 1.28 bits per heavy atom. The van der Waals surface area contributed by atoms with Gasteiger partial charge in [-0.15, -0.1) is 0 Å². The first-order valence-corrected chi connectivity index (χ1v) is 6.52. The van der Waals surface area contributed by atoms with Crippen molar-refractivity contribution in [3.8, 4) is 0 Å². The van der Waals surface area contributed by atoms with Crippen LogP contribution >= 0.6 is 0 Å². The van der Waals surface area contributed by atoms with Crippen LogP contribution in [0.1, 0.15) is 19.4 Å². The standard InChI is InChI=1S/C15H20O3/c1-3-18-15(16)14-11(2)13(14)10-17-9-12-7-5-4-6-8-12/h4-8,11,13-14H,3,9-10H2,1-2H3. The molecule has 0 amide bonds. The van der Waals surface area contributed by atoms with Crippen molar-refractivity contribution in [2.45, 2.75) is 20.5 Å². The van der Waals surface area contributed by atoms with Crippen molar-refractivity contribution < 1.29 is 14.3 Å². The first-order valence-electron chi connectivity index (χ1n) is 6.52. The monoisotopic (exact) mass is 248 g/mol. The zero-order valence-electron chi connectivity index (χ0n) is 11.0. The van der Waals surface area contributed by atoms with Crippen molar-refractivity contribution in [2.24, 2.45) is 17.8 Å². The van der Waals surface area contributed by atoms with Crippen molar-refractivity contribution in [1.29, 1.82) is 0 Å². The highest BCUT2D eigenvalue weighted by atomic mass is 16.5. The molecule has 0 radical (unpaired) electrons. The van der Waals surface area contributed by atoms with Gasteiger partial charge in [-0.05, 0) is 24.3 Å². The molecule has 98 valence electrons. The lowest BCUT2D eigenvalue weighted by Crippen LogP contribution is -2.09. The third-order valence-electron chi connectivity index (χ3n) is 3.54. The molecule has 0 aliphatic heterocycles. The molecule has 1 aliphatic carbocycles. The number of ether oxygens (including phenoxy) is 2. The average Bonchev–Trinajstić information content (AvgIpc) is 3.02. The Kier molecular flexibility index (Phi) is 4.37. The summed E-state index contributed by atoms with van der Waals surface area (Å²) in [5.74, 6) is 0.687. The number of hydrogen-bond acceptors (Lipinski definition) is 3. The van der Waals surface area contributed by atoms with E-state index in [9.17, 15) is 4.79 Å². The highest BCUT2D eigenvalue weighted by Crippen LogP contribution is 2.46. The second-order valence-corrected chi connectivity index (χ2v) is 4.80. The van der Waals surface area contributed by atoms with Gasteiger partial charge in [0.25, 0.3) is 0 Å². The molecule has 0 heterocycles. The molecule has 1 aromatic carbocycles. The summed E-state index contributed by atoms with van der Waals surface area (Å²) >= 11 is 0. The number of rotatable bonds is 6. The van der Waals surface area contributed by atoms with Crippen LogP contribution in [0.15, 0.2) is 30.3 Å². The maximum Gasteiger partial charge on any atom is 0.309 e. The molecule has 0 saturated heterocycles. The summed E-state index contributed by atoms with van der Waals surface area (Å²) in [6.07, 6.45) is 0. The molecular weight excluding hydrogens is 228 g/mol. The molecule has 0 N–H and O–H groups in total. The Bertz CT molecular complexity index is 388. The Hall–Kier alpha value is -1.35. The Morgan fingerprint density at radius 2 is 2.00 bits per heavy atom. The van der Waals surface area contributed by atoms with Crippen LogP contribution in [-0.2, 0) is 20.9 Å². The van der Waals surface area contributed by atoms with Gasteiger partial charge >= 0.3 is 5.97 Å². The number of carbonyl (C=O) groups excluding carboxylic acids is 1. The molecule has 1 fully saturated rings. The van der Waals surface area contributed by atoms with Crippen LogP contribution in [0.2, 0.25) is 0 Å². The van der Waals surface area contributed by atoms with E-state index in [4.69, 9.17) is 9.47 Å². The number of esters is 1. The van der Waals surface area contributed by atoms with Gasteiger partial charge in [0.15, 0.2) is 0 Å². The molecule has 3 unspecified atom stereocenters. The molecule has 0 bridgehead atoms. The first kappa shape index (κ1) is 13.1. The Labute approximate surface area is 108 Å². The minimum absolute atomic E-state index is 0.0423. The topological polar surface area (TPSA) is 35.5 Å². The fourth-order valence-electron chi connectivity index (χ4n) is 2.32.